The van der Waals surface area contributed by atoms with Gasteiger partial charge in [-0.05, 0) is 48.5 Å². The summed E-state index contributed by atoms with van der Waals surface area (Å²) in [7, 11) is 1.62. The number of rotatable bonds is 6. The standard InChI is InChI=1S/C19H23N3O2/c1-3-21(12-15-8-10-20-11-9-15)17-13-22(14-17)19(23)16-4-6-18(24-2)7-5-16/h4-11,17H,3,12-14H2,1-2H3. The number of benzene rings is 1. The Labute approximate surface area is 142 Å². The molecular formula is C19H23N3O2. The number of carbonyl (C=O) groups excluding carboxylic acids is 1. The maximum atomic E-state index is 12.5. The Morgan fingerprint density at radius 2 is 1.88 bits per heavy atom. The minimum atomic E-state index is 0.0915. The summed E-state index contributed by atoms with van der Waals surface area (Å²) in [5, 5.41) is 0. The first-order chi connectivity index (χ1) is 11.7. The zero-order chi connectivity index (χ0) is 16.9. The van der Waals surface area contributed by atoms with Gasteiger partial charge in [0.05, 0.1) is 7.11 Å². The Hall–Kier alpha value is -2.40. The van der Waals surface area contributed by atoms with Crippen LogP contribution in [0.3, 0.4) is 0 Å². The third kappa shape index (κ3) is 3.57. The molecule has 1 amide bonds. The predicted molar refractivity (Wildman–Crippen MR) is 93.0 cm³/mol. The van der Waals surface area contributed by atoms with E-state index in [1.54, 1.807) is 7.11 Å². The van der Waals surface area contributed by atoms with Gasteiger partial charge in [-0.15, -0.1) is 0 Å². The van der Waals surface area contributed by atoms with Crippen molar-refractivity contribution in [2.75, 3.05) is 26.7 Å². The number of amides is 1. The summed E-state index contributed by atoms with van der Waals surface area (Å²) in [4.78, 5) is 20.9. The van der Waals surface area contributed by atoms with Crippen LogP contribution < -0.4 is 4.74 Å². The number of pyridine rings is 1. The van der Waals surface area contributed by atoms with Crippen LogP contribution in [-0.4, -0.2) is 53.5 Å². The first-order valence-corrected chi connectivity index (χ1v) is 8.27. The number of aromatic nitrogens is 1. The van der Waals surface area contributed by atoms with Crippen molar-refractivity contribution in [2.24, 2.45) is 0 Å². The molecule has 0 N–H and O–H groups in total. The van der Waals surface area contributed by atoms with E-state index in [0.717, 1.165) is 31.9 Å². The van der Waals surface area contributed by atoms with Crippen molar-refractivity contribution in [3.8, 4) is 5.75 Å². The molecule has 2 heterocycles. The molecule has 3 rings (SSSR count). The molecule has 1 aliphatic heterocycles. The van der Waals surface area contributed by atoms with E-state index in [4.69, 9.17) is 4.74 Å². The van der Waals surface area contributed by atoms with Crippen molar-refractivity contribution in [3.05, 3.63) is 59.9 Å². The molecular weight excluding hydrogens is 302 g/mol. The molecule has 2 aromatic rings. The summed E-state index contributed by atoms with van der Waals surface area (Å²) in [6.45, 7) is 5.59. The summed E-state index contributed by atoms with van der Waals surface area (Å²) in [5.74, 6) is 0.858. The van der Waals surface area contributed by atoms with Gasteiger partial charge in [0.1, 0.15) is 5.75 Å². The number of methoxy groups -OCH3 is 1. The van der Waals surface area contributed by atoms with Crippen molar-refractivity contribution in [1.82, 2.24) is 14.8 Å². The molecule has 0 saturated carbocycles. The lowest BCUT2D eigenvalue weighted by Crippen LogP contribution is -2.60. The van der Waals surface area contributed by atoms with Crippen LogP contribution in [0.1, 0.15) is 22.8 Å². The number of ether oxygens (including phenoxy) is 1. The summed E-state index contributed by atoms with van der Waals surface area (Å²) in [5.41, 5.74) is 1.97. The van der Waals surface area contributed by atoms with Crippen LogP contribution in [0, 0.1) is 0 Å². The van der Waals surface area contributed by atoms with E-state index >= 15 is 0 Å². The second-order valence-corrected chi connectivity index (χ2v) is 6.01. The molecule has 0 bridgehead atoms. The molecule has 5 heteroatoms. The summed E-state index contributed by atoms with van der Waals surface area (Å²) >= 11 is 0. The number of nitrogens with zero attached hydrogens (tertiary/aromatic N) is 3. The molecule has 0 atom stereocenters. The van der Waals surface area contributed by atoms with Crippen molar-refractivity contribution < 1.29 is 9.53 Å². The molecule has 5 nitrogen and oxygen atoms in total. The van der Waals surface area contributed by atoms with Crippen LogP contribution in [0.4, 0.5) is 0 Å². The Morgan fingerprint density at radius 1 is 1.21 bits per heavy atom. The van der Waals surface area contributed by atoms with Crippen LogP contribution in [0.25, 0.3) is 0 Å². The predicted octanol–water partition coefficient (Wildman–Crippen LogP) is 2.44. The third-order valence-corrected chi connectivity index (χ3v) is 4.54. The van der Waals surface area contributed by atoms with Gasteiger partial charge < -0.3 is 9.64 Å². The first kappa shape index (κ1) is 16.5. The van der Waals surface area contributed by atoms with E-state index in [1.807, 2.05) is 53.7 Å². The molecule has 1 aromatic carbocycles. The average Bonchev–Trinajstić information content (AvgIpc) is 2.60. The summed E-state index contributed by atoms with van der Waals surface area (Å²) in [6.07, 6.45) is 3.65. The van der Waals surface area contributed by atoms with Crippen molar-refractivity contribution in [3.63, 3.8) is 0 Å². The Kier molecular flexibility index (Phi) is 5.11. The fraction of sp³-hybridized carbons (Fsp3) is 0.368. The van der Waals surface area contributed by atoms with Crippen LogP contribution in [0.2, 0.25) is 0 Å². The highest BCUT2D eigenvalue weighted by Crippen LogP contribution is 2.21. The second-order valence-electron chi connectivity index (χ2n) is 6.01. The SMILES string of the molecule is CCN(Cc1ccncc1)C1CN(C(=O)c2ccc(OC)cc2)C1. The highest BCUT2D eigenvalue weighted by atomic mass is 16.5. The van der Waals surface area contributed by atoms with Gasteiger partial charge in [-0.2, -0.15) is 0 Å². The van der Waals surface area contributed by atoms with Gasteiger partial charge in [-0.3, -0.25) is 14.7 Å². The number of likely N-dealkylation sites (tertiary alicyclic amines) is 1. The van der Waals surface area contributed by atoms with Crippen LogP contribution in [-0.2, 0) is 6.54 Å². The van der Waals surface area contributed by atoms with Gasteiger partial charge in [0.15, 0.2) is 0 Å². The zero-order valence-electron chi connectivity index (χ0n) is 14.2. The van der Waals surface area contributed by atoms with Gasteiger partial charge in [0, 0.05) is 43.6 Å². The van der Waals surface area contributed by atoms with Gasteiger partial charge in [0.2, 0.25) is 0 Å². The molecule has 0 unspecified atom stereocenters. The maximum Gasteiger partial charge on any atom is 0.253 e. The van der Waals surface area contributed by atoms with Gasteiger partial charge in [0.25, 0.3) is 5.91 Å². The van der Waals surface area contributed by atoms with E-state index < -0.39 is 0 Å². The smallest absolute Gasteiger partial charge is 0.253 e. The van der Waals surface area contributed by atoms with E-state index in [0.29, 0.717) is 11.6 Å². The summed E-state index contributed by atoms with van der Waals surface area (Å²) in [6, 6.07) is 11.8. The number of carbonyl (C=O) groups is 1. The van der Waals surface area contributed by atoms with Gasteiger partial charge in [-0.1, -0.05) is 6.92 Å². The van der Waals surface area contributed by atoms with Crippen LogP contribution in [0.15, 0.2) is 48.8 Å². The quantitative estimate of drug-likeness (QED) is 0.818. The Morgan fingerprint density at radius 3 is 2.46 bits per heavy atom. The minimum absolute atomic E-state index is 0.0915. The fourth-order valence-electron chi connectivity index (χ4n) is 2.99. The Balaban J connectivity index is 1.56. The molecule has 24 heavy (non-hydrogen) atoms. The Bertz CT molecular complexity index is 667. The molecule has 126 valence electrons. The molecule has 0 radical (unpaired) electrons. The largest absolute Gasteiger partial charge is 0.497 e. The lowest BCUT2D eigenvalue weighted by molar-refractivity contribution is 0.0254. The normalized spacial score (nSPS) is 14.5. The molecule has 1 saturated heterocycles. The topological polar surface area (TPSA) is 45.7 Å². The molecule has 1 aromatic heterocycles. The highest BCUT2D eigenvalue weighted by molar-refractivity contribution is 5.94. The fourth-order valence-corrected chi connectivity index (χ4v) is 2.99. The van der Waals surface area contributed by atoms with Crippen LogP contribution >= 0.6 is 0 Å². The van der Waals surface area contributed by atoms with Crippen molar-refractivity contribution >= 4 is 5.91 Å². The molecule has 1 fully saturated rings. The molecule has 0 aliphatic carbocycles. The molecule has 0 spiro atoms. The molecule has 1 aliphatic rings. The van der Waals surface area contributed by atoms with Gasteiger partial charge in [-0.25, -0.2) is 0 Å². The van der Waals surface area contributed by atoms with E-state index in [2.05, 4.69) is 16.8 Å². The first-order valence-electron chi connectivity index (χ1n) is 8.27. The minimum Gasteiger partial charge on any atom is -0.497 e. The third-order valence-electron chi connectivity index (χ3n) is 4.54. The lowest BCUT2D eigenvalue weighted by atomic mass is 10.0. The second kappa shape index (κ2) is 7.45. The number of likely N-dealkylation sites (N-methyl/N-ethyl adjacent to an activating group) is 1. The van der Waals surface area contributed by atoms with E-state index in [-0.39, 0.29) is 5.91 Å². The highest BCUT2D eigenvalue weighted by Gasteiger charge is 2.34. The zero-order valence-corrected chi connectivity index (χ0v) is 14.2. The number of hydrogen-bond donors (Lipinski definition) is 0. The summed E-state index contributed by atoms with van der Waals surface area (Å²) < 4.78 is 5.13. The van der Waals surface area contributed by atoms with Crippen molar-refractivity contribution in [2.45, 2.75) is 19.5 Å². The average molecular weight is 325 g/mol. The van der Waals surface area contributed by atoms with Crippen LogP contribution in [0.5, 0.6) is 5.75 Å². The van der Waals surface area contributed by atoms with E-state index in [1.165, 1.54) is 5.56 Å². The van der Waals surface area contributed by atoms with E-state index in [9.17, 15) is 4.79 Å². The number of hydrogen-bond acceptors (Lipinski definition) is 4. The van der Waals surface area contributed by atoms with Crippen molar-refractivity contribution in [1.29, 1.82) is 0 Å². The lowest BCUT2D eigenvalue weighted by Gasteiger charge is -2.45. The van der Waals surface area contributed by atoms with Gasteiger partial charge >= 0.3 is 0 Å². The maximum absolute atomic E-state index is 12.5. The monoisotopic (exact) mass is 325 g/mol.